The summed E-state index contributed by atoms with van der Waals surface area (Å²) >= 11 is 18.3. The fraction of sp³-hybridized carbons (Fsp3) is 0.391. The summed E-state index contributed by atoms with van der Waals surface area (Å²) in [6.07, 6.45) is 4.26. The summed E-state index contributed by atoms with van der Waals surface area (Å²) in [5.41, 5.74) is 2.57. The molecule has 0 aromatic heterocycles. The monoisotopic (exact) mass is 464 g/mol. The van der Waals surface area contributed by atoms with Gasteiger partial charge in [-0.3, -0.25) is 9.59 Å². The van der Waals surface area contributed by atoms with E-state index in [4.69, 9.17) is 34.8 Å². The molecular formula is C23H23Cl3N2O2. The zero-order valence-corrected chi connectivity index (χ0v) is 18.8. The first-order chi connectivity index (χ1) is 14.4. The number of piperidine rings is 1. The van der Waals surface area contributed by atoms with Gasteiger partial charge in [-0.2, -0.15) is 0 Å². The number of benzene rings is 2. The average Bonchev–Trinajstić information content (AvgIpc) is 2.95. The van der Waals surface area contributed by atoms with Crippen molar-refractivity contribution in [3.8, 4) is 0 Å². The van der Waals surface area contributed by atoms with Gasteiger partial charge in [0, 0.05) is 41.3 Å². The van der Waals surface area contributed by atoms with Crippen molar-refractivity contribution in [3.63, 3.8) is 0 Å². The van der Waals surface area contributed by atoms with Gasteiger partial charge in [-0.25, -0.2) is 0 Å². The Morgan fingerprint density at radius 1 is 0.867 bits per heavy atom. The van der Waals surface area contributed by atoms with Crippen LogP contribution in [-0.4, -0.2) is 36.3 Å². The van der Waals surface area contributed by atoms with E-state index in [1.54, 1.807) is 23.1 Å². The lowest BCUT2D eigenvalue weighted by Crippen LogP contribution is -2.45. The molecule has 4 rings (SSSR count). The summed E-state index contributed by atoms with van der Waals surface area (Å²) < 4.78 is 0. The van der Waals surface area contributed by atoms with Crippen molar-refractivity contribution in [2.45, 2.75) is 32.1 Å². The molecule has 7 heteroatoms. The predicted octanol–water partition coefficient (Wildman–Crippen LogP) is 5.87. The maximum absolute atomic E-state index is 13.3. The van der Waals surface area contributed by atoms with Crippen LogP contribution in [0.15, 0.2) is 36.4 Å². The third-order valence-corrected chi connectivity index (χ3v) is 6.75. The highest BCUT2D eigenvalue weighted by atomic mass is 35.5. The van der Waals surface area contributed by atoms with Gasteiger partial charge >= 0.3 is 0 Å². The van der Waals surface area contributed by atoms with Crippen LogP contribution in [0.3, 0.4) is 0 Å². The Morgan fingerprint density at radius 3 is 2.30 bits per heavy atom. The van der Waals surface area contributed by atoms with Gasteiger partial charge in [-0.15, -0.1) is 0 Å². The van der Waals surface area contributed by atoms with Crippen molar-refractivity contribution < 1.29 is 9.59 Å². The van der Waals surface area contributed by atoms with Gasteiger partial charge in [-0.1, -0.05) is 34.8 Å². The topological polar surface area (TPSA) is 40.6 Å². The van der Waals surface area contributed by atoms with Crippen LogP contribution in [-0.2, 0) is 11.2 Å². The molecule has 2 aliphatic heterocycles. The van der Waals surface area contributed by atoms with Crippen LogP contribution in [0.2, 0.25) is 15.1 Å². The average molecular weight is 466 g/mol. The highest BCUT2D eigenvalue weighted by Crippen LogP contribution is 2.32. The molecule has 2 aromatic carbocycles. The number of hydrogen-bond acceptors (Lipinski definition) is 2. The number of aryl methyl sites for hydroxylation is 1. The Labute approximate surface area is 191 Å². The second-order valence-electron chi connectivity index (χ2n) is 7.91. The molecule has 0 bridgehead atoms. The number of fused-ring (bicyclic) bond motifs is 1. The van der Waals surface area contributed by atoms with Gasteiger partial charge in [-0.05, 0) is 74.1 Å². The molecule has 2 amide bonds. The molecule has 0 unspecified atom stereocenters. The minimum atomic E-state index is -0.114. The second-order valence-corrected chi connectivity index (χ2v) is 9.19. The molecule has 0 radical (unpaired) electrons. The van der Waals surface area contributed by atoms with Gasteiger partial charge in [0.2, 0.25) is 5.91 Å². The van der Waals surface area contributed by atoms with Gasteiger partial charge in [0.25, 0.3) is 5.91 Å². The van der Waals surface area contributed by atoms with Crippen molar-refractivity contribution >= 4 is 52.3 Å². The first-order valence-electron chi connectivity index (χ1n) is 10.3. The van der Waals surface area contributed by atoms with Crippen LogP contribution in [0.25, 0.3) is 0 Å². The molecule has 2 aromatic rings. The van der Waals surface area contributed by atoms with Gasteiger partial charge in [0.05, 0.1) is 10.6 Å². The minimum absolute atomic E-state index is 0.0867. The van der Waals surface area contributed by atoms with Crippen LogP contribution < -0.4 is 4.90 Å². The van der Waals surface area contributed by atoms with E-state index < -0.39 is 0 Å². The van der Waals surface area contributed by atoms with E-state index in [1.807, 2.05) is 23.1 Å². The molecule has 0 N–H and O–H groups in total. The van der Waals surface area contributed by atoms with Gasteiger partial charge < -0.3 is 9.80 Å². The quantitative estimate of drug-likeness (QED) is 0.556. The van der Waals surface area contributed by atoms with Crippen LogP contribution in [0.5, 0.6) is 0 Å². The molecule has 2 aliphatic rings. The third kappa shape index (κ3) is 4.46. The van der Waals surface area contributed by atoms with Crippen molar-refractivity contribution in [2.24, 2.45) is 5.92 Å². The third-order valence-electron chi connectivity index (χ3n) is 5.97. The number of carbonyl (C=O) groups excluding carboxylic acids is 2. The lowest BCUT2D eigenvalue weighted by Gasteiger charge is -2.34. The maximum Gasteiger partial charge on any atom is 0.255 e. The maximum atomic E-state index is 13.3. The van der Waals surface area contributed by atoms with E-state index in [-0.39, 0.29) is 17.7 Å². The molecule has 158 valence electrons. The molecule has 4 nitrogen and oxygen atoms in total. The number of anilines is 1. The van der Waals surface area contributed by atoms with E-state index in [9.17, 15) is 9.59 Å². The number of rotatable bonds is 2. The molecule has 2 heterocycles. The van der Waals surface area contributed by atoms with E-state index in [0.29, 0.717) is 46.6 Å². The van der Waals surface area contributed by atoms with E-state index in [1.165, 1.54) is 0 Å². The van der Waals surface area contributed by atoms with Crippen LogP contribution >= 0.6 is 34.8 Å². The van der Waals surface area contributed by atoms with E-state index >= 15 is 0 Å². The summed E-state index contributed by atoms with van der Waals surface area (Å²) in [5.74, 6) is -0.0502. The van der Waals surface area contributed by atoms with E-state index in [2.05, 4.69) is 0 Å². The first kappa shape index (κ1) is 21.5. The number of nitrogens with zero attached hydrogens (tertiary/aromatic N) is 2. The largest absolute Gasteiger partial charge is 0.339 e. The highest BCUT2D eigenvalue weighted by Gasteiger charge is 2.32. The lowest BCUT2D eigenvalue weighted by molar-refractivity contribution is -0.123. The van der Waals surface area contributed by atoms with Crippen molar-refractivity contribution in [1.29, 1.82) is 0 Å². The molecule has 30 heavy (non-hydrogen) atoms. The van der Waals surface area contributed by atoms with Crippen molar-refractivity contribution in [2.75, 3.05) is 24.5 Å². The summed E-state index contributed by atoms with van der Waals surface area (Å²) in [7, 11) is 0. The Morgan fingerprint density at radius 2 is 1.57 bits per heavy atom. The lowest BCUT2D eigenvalue weighted by atomic mass is 9.94. The molecular weight excluding hydrogens is 443 g/mol. The zero-order valence-electron chi connectivity index (χ0n) is 16.5. The Kier molecular flexibility index (Phi) is 6.57. The van der Waals surface area contributed by atoms with Crippen LogP contribution in [0.1, 0.15) is 41.6 Å². The summed E-state index contributed by atoms with van der Waals surface area (Å²) in [4.78, 5) is 29.9. The van der Waals surface area contributed by atoms with Crippen LogP contribution in [0, 0.1) is 5.92 Å². The molecule has 0 spiro atoms. The molecule has 0 atom stereocenters. The normalized spacial score (nSPS) is 17.4. The highest BCUT2D eigenvalue weighted by molar-refractivity contribution is 6.36. The number of carbonyl (C=O) groups is 2. The van der Waals surface area contributed by atoms with Gasteiger partial charge in [0.15, 0.2) is 0 Å². The molecule has 1 saturated heterocycles. The SMILES string of the molecule is O=C(c1ccc(Cl)cc1Cl)N1CCC(C(=O)N2CCCCc3cc(Cl)ccc32)CC1. The smallest absolute Gasteiger partial charge is 0.255 e. The number of amides is 2. The number of likely N-dealkylation sites (tertiary alicyclic amines) is 1. The fourth-order valence-electron chi connectivity index (χ4n) is 4.34. The zero-order chi connectivity index (χ0) is 21.3. The van der Waals surface area contributed by atoms with Crippen molar-refractivity contribution in [3.05, 3.63) is 62.6 Å². The molecule has 1 fully saturated rings. The molecule has 0 aliphatic carbocycles. The Hall–Kier alpha value is -1.75. The number of hydrogen-bond donors (Lipinski definition) is 0. The molecule has 0 saturated carbocycles. The second kappa shape index (κ2) is 9.17. The summed E-state index contributed by atoms with van der Waals surface area (Å²) in [5, 5.41) is 1.56. The van der Waals surface area contributed by atoms with Crippen LogP contribution in [0.4, 0.5) is 5.69 Å². The Bertz CT molecular complexity index is 971. The van der Waals surface area contributed by atoms with Gasteiger partial charge in [0.1, 0.15) is 0 Å². The predicted molar refractivity (Wildman–Crippen MR) is 122 cm³/mol. The van der Waals surface area contributed by atoms with Crippen molar-refractivity contribution in [1.82, 2.24) is 4.90 Å². The standard InChI is InChI=1S/C23H23Cl3N2O2/c24-17-5-7-21-16(13-17)3-1-2-10-28(21)22(29)15-8-11-27(12-9-15)23(30)19-6-4-18(25)14-20(19)26/h4-7,13-15H,1-3,8-12H2. The first-order valence-corrected chi connectivity index (χ1v) is 11.4. The summed E-state index contributed by atoms with van der Waals surface area (Å²) in [6, 6.07) is 10.7. The minimum Gasteiger partial charge on any atom is -0.339 e. The Balaban J connectivity index is 1.44. The fourth-order valence-corrected chi connectivity index (χ4v) is 5.02. The van der Waals surface area contributed by atoms with E-state index in [0.717, 1.165) is 37.1 Å². The number of halogens is 3. The summed E-state index contributed by atoms with van der Waals surface area (Å²) in [6.45, 7) is 1.80.